The molecule has 2 aliphatic rings. The Morgan fingerprint density at radius 1 is 1.26 bits per heavy atom. The van der Waals surface area contributed by atoms with Crippen molar-refractivity contribution < 1.29 is 39.8 Å². The van der Waals surface area contributed by atoms with E-state index in [1.165, 1.54) is 6.08 Å². The molecule has 0 radical (unpaired) electrons. The monoisotopic (exact) mass is 388 g/mol. The van der Waals surface area contributed by atoms with Crippen LogP contribution in [-0.2, 0) is 14.3 Å². The van der Waals surface area contributed by atoms with E-state index in [0.717, 1.165) is 0 Å². The van der Waals surface area contributed by atoms with Gasteiger partial charge >= 0.3 is 0 Å². The second-order valence-electron chi connectivity index (χ2n) is 8.40. The molecule has 0 aromatic heterocycles. The predicted molar refractivity (Wildman–Crippen MR) is 95.7 cm³/mol. The summed E-state index contributed by atoms with van der Waals surface area (Å²) in [5, 5.41) is 50.1. The van der Waals surface area contributed by atoms with Crippen LogP contribution in [-0.4, -0.2) is 80.3 Å². The maximum Gasteiger partial charge on any atom is 0.186 e. The van der Waals surface area contributed by atoms with Crippen molar-refractivity contribution in [2.45, 2.75) is 89.4 Å². The highest BCUT2D eigenvalue weighted by Crippen LogP contribution is 2.46. The summed E-state index contributed by atoms with van der Waals surface area (Å²) in [6, 6.07) is 0. The lowest BCUT2D eigenvalue weighted by atomic mass is 9.63. The molecule has 0 unspecified atom stereocenters. The maximum atomic E-state index is 11.8. The van der Waals surface area contributed by atoms with E-state index >= 15 is 0 Å². The molecule has 2 rings (SSSR count). The van der Waals surface area contributed by atoms with Crippen molar-refractivity contribution in [3.05, 3.63) is 11.6 Å². The molecule has 1 saturated heterocycles. The number of ether oxygens (including phenoxy) is 2. The van der Waals surface area contributed by atoms with Crippen LogP contribution in [0.1, 0.15) is 47.0 Å². The quantitative estimate of drug-likeness (QED) is 0.416. The number of ketones is 1. The molecule has 8 heteroatoms. The zero-order valence-corrected chi connectivity index (χ0v) is 16.3. The first-order valence-electron chi connectivity index (χ1n) is 9.33. The van der Waals surface area contributed by atoms with Gasteiger partial charge in [-0.2, -0.15) is 0 Å². The summed E-state index contributed by atoms with van der Waals surface area (Å²) in [5.74, 6) is -0.00667. The van der Waals surface area contributed by atoms with Crippen LogP contribution >= 0.6 is 0 Å². The smallest absolute Gasteiger partial charge is 0.186 e. The van der Waals surface area contributed by atoms with Gasteiger partial charge in [0.15, 0.2) is 12.1 Å². The van der Waals surface area contributed by atoms with Crippen LogP contribution in [0.4, 0.5) is 0 Å². The molecular formula is C19H32O8. The van der Waals surface area contributed by atoms with Gasteiger partial charge in [-0.1, -0.05) is 13.8 Å². The summed E-state index contributed by atoms with van der Waals surface area (Å²) in [4.78, 5) is 11.8. The van der Waals surface area contributed by atoms with Crippen LogP contribution in [0.25, 0.3) is 0 Å². The molecule has 0 bridgehead atoms. The van der Waals surface area contributed by atoms with Gasteiger partial charge in [0.2, 0.25) is 0 Å². The number of rotatable bonds is 6. The largest absolute Gasteiger partial charge is 0.394 e. The van der Waals surface area contributed by atoms with Crippen LogP contribution in [0.15, 0.2) is 11.6 Å². The van der Waals surface area contributed by atoms with Crippen LogP contribution in [0, 0.1) is 5.41 Å². The molecule has 1 aliphatic carbocycles. The average Bonchev–Trinajstić information content (AvgIpc) is 2.58. The first-order chi connectivity index (χ1) is 12.4. The van der Waals surface area contributed by atoms with Crippen molar-refractivity contribution >= 4 is 5.78 Å². The Bertz CT molecular complexity index is 572. The average molecular weight is 388 g/mol. The number of hydrogen-bond donors (Lipinski definition) is 5. The fourth-order valence-corrected chi connectivity index (χ4v) is 3.95. The third-order valence-corrected chi connectivity index (χ3v) is 5.89. The van der Waals surface area contributed by atoms with E-state index < -0.39 is 54.4 Å². The van der Waals surface area contributed by atoms with Gasteiger partial charge in [0.05, 0.1) is 18.3 Å². The van der Waals surface area contributed by atoms with Gasteiger partial charge in [-0.3, -0.25) is 4.79 Å². The standard InChI is InChI=1S/C19H32O8/c1-10-7-12(21)8-18(3,4)19(10,25)6-5-11(2)26-17-16(24)15(23)14(22)13(9-20)27-17/h7,11,13-17,20,22-25H,5-6,8-9H2,1-4H3/t11-,13-,14-,15+,16-,17-,19-/m0/s1. The summed E-state index contributed by atoms with van der Waals surface area (Å²) in [6.07, 6.45) is -4.59. The Balaban J connectivity index is 2.00. The van der Waals surface area contributed by atoms with Crippen molar-refractivity contribution in [1.29, 1.82) is 0 Å². The molecule has 7 atom stereocenters. The SMILES string of the molecule is CC1=CC(=O)CC(C)(C)[C@]1(O)CC[C@H](C)O[C@H]1O[C@@H](CO)[C@H](O)[C@@H](O)[C@@H]1O. The third kappa shape index (κ3) is 4.42. The van der Waals surface area contributed by atoms with E-state index in [9.17, 15) is 30.3 Å². The van der Waals surface area contributed by atoms with Crippen molar-refractivity contribution in [2.75, 3.05) is 6.61 Å². The van der Waals surface area contributed by atoms with Crippen LogP contribution < -0.4 is 0 Å². The molecular weight excluding hydrogens is 356 g/mol. The van der Waals surface area contributed by atoms with Crippen LogP contribution in [0.3, 0.4) is 0 Å². The zero-order valence-electron chi connectivity index (χ0n) is 16.3. The highest BCUT2D eigenvalue weighted by molar-refractivity contribution is 5.92. The van der Waals surface area contributed by atoms with Crippen LogP contribution in [0.2, 0.25) is 0 Å². The minimum absolute atomic E-state index is 0.00667. The van der Waals surface area contributed by atoms with E-state index in [2.05, 4.69) is 0 Å². The van der Waals surface area contributed by atoms with Gasteiger partial charge in [-0.25, -0.2) is 0 Å². The van der Waals surface area contributed by atoms with Gasteiger partial charge < -0.3 is 35.0 Å². The molecule has 1 fully saturated rings. The first-order valence-corrected chi connectivity index (χ1v) is 9.33. The van der Waals surface area contributed by atoms with E-state index in [4.69, 9.17) is 9.47 Å². The molecule has 0 amide bonds. The molecule has 8 nitrogen and oxygen atoms in total. The maximum absolute atomic E-state index is 11.8. The molecule has 156 valence electrons. The Labute approximate surface area is 159 Å². The minimum atomic E-state index is -1.49. The number of carbonyl (C=O) groups is 1. The number of aliphatic hydroxyl groups excluding tert-OH is 4. The molecule has 0 aromatic carbocycles. The van der Waals surface area contributed by atoms with E-state index in [-0.39, 0.29) is 12.2 Å². The lowest BCUT2D eigenvalue weighted by Crippen LogP contribution is -2.59. The molecule has 1 heterocycles. The van der Waals surface area contributed by atoms with Crippen molar-refractivity contribution in [2.24, 2.45) is 5.41 Å². The lowest BCUT2D eigenvalue weighted by Gasteiger charge is -2.46. The summed E-state index contributed by atoms with van der Waals surface area (Å²) >= 11 is 0. The molecule has 0 spiro atoms. The summed E-state index contributed by atoms with van der Waals surface area (Å²) < 4.78 is 11.0. The second-order valence-corrected chi connectivity index (χ2v) is 8.40. The normalized spacial score (nSPS) is 40.6. The summed E-state index contributed by atoms with van der Waals surface area (Å²) in [7, 11) is 0. The molecule has 0 aromatic rings. The number of hydrogen-bond acceptors (Lipinski definition) is 8. The van der Waals surface area contributed by atoms with Gasteiger partial charge in [0.1, 0.15) is 24.4 Å². The number of carbonyl (C=O) groups excluding carboxylic acids is 1. The van der Waals surface area contributed by atoms with Gasteiger partial charge in [0, 0.05) is 11.8 Å². The van der Waals surface area contributed by atoms with Gasteiger partial charge in [-0.05, 0) is 38.3 Å². The summed E-state index contributed by atoms with van der Waals surface area (Å²) in [6.45, 7) is 6.66. The Morgan fingerprint density at radius 2 is 1.89 bits per heavy atom. The highest BCUT2D eigenvalue weighted by Gasteiger charge is 2.49. The number of aliphatic hydroxyl groups is 5. The van der Waals surface area contributed by atoms with E-state index in [1.807, 2.05) is 13.8 Å². The fraction of sp³-hybridized carbons (Fsp3) is 0.842. The third-order valence-electron chi connectivity index (χ3n) is 5.89. The number of allylic oxidation sites excluding steroid dienone is 1. The van der Waals surface area contributed by atoms with Crippen molar-refractivity contribution in [3.63, 3.8) is 0 Å². The lowest BCUT2D eigenvalue weighted by molar-refractivity contribution is -0.310. The Morgan fingerprint density at radius 3 is 2.44 bits per heavy atom. The van der Waals surface area contributed by atoms with Crippen LogP contribution in [0.5, 0.6) is 0 Å². The zero-order chi connectivity index (χ0) is 20.6. The van der Waals surface area contributed by atoms with E-state index in [1.54, 1.807) is 13.8 Å². The Kier molecular flexibility index (Phi) is 6.85. The predicted octanol–water partition coefficient (Wildman–Crippen LogP) is -0.352. The van der Waals surface area contributed by atoms with E-state index in [0.29, 0.717) is 18.4 Å². The first kappa shape index (κ1) is 22.4. The van der Waals surface area contributed by atoms with Gasteiger partial charge in [-0.15, -0.1) is 0 Å². The molecule has 5 N–H and O–H groups in total. The molecule has 0 saturated carbocycles. The Hall–Kier alpha value is -0.870. The van der Waals surface area contributed by atoms with Gasteiger partial charge in [0.25, 0.3) is 0 Å². The van der Waals surface area contributed by atoms with Crippen molar-refractivity contribution in [1.82, 2.24) is 0 Å². The second kappa shape index (κ2) is 8.24. The molecule has 27 heavy (non-hydrogen) atoms. The molecule has 1 aliphatic heterocycles. The fourth-order valence-electron chi connectivity index (χ4n) is 3.95. The topological polar surface area (TPSA) is 137 Å². The minimum Gasteiger partial charge on any atom is -0.394 e. The summed E-state index contributed by atoms with van der Waals surface area (Å²) in [5.41, 5.74) is -1.16. The highest BCUT2D eigenvalue weighted by atomic mass is 16.7. The van der Waals surface area contributed by atoms with Crippen molar-refractivity contribution in [3.8, 4) is 0 Å².